The molecule has 2 aromatic rings. The molecule has 0 radical (unpaired) electrons. The molecule has 1 aliphatic heterocycles. The Morgan fingerprint density at radius 2 is 2.05 bits per heavy atom. The zero-order valence-corrected chi connectivity index (χ0v) is 11.3. The van der Waals surface area contributed by atoms with Crippen molar-refractivity contribution in [3.63, 3.8) is 0 Å². The van der Waals surface area contributed by atoms with Gasteiger partial charge in [0.25, 0.3) is 0 Å². The van der Waals surface area contributed by atoms with Gasteiger partial charge in [0.05, 0.1) is 18.0 Å². The van der Waals surface area contributed by atoms with E-state index in [0.717, 1.165) is 37.0 Å². The molecular weight excluding hydrogens is 256 g/mol. The van der Waals surface area contributed by atoms with Gasteiger partial charge in [0.1, 0.15) is 5.52 Å². The quantitative estimate of drug-likeness (QED) is 0.915. The predicted octanol–water partition coefficient (Wildman–Crippen LogP) is 1.54. The molecule has 0 atom stereocenters. The van der Waals surface area contributed by atoms with Gasteiger partial charge in [-0.1, -0.05) is 17.3 Å². The van der Waals surface area contributed by atoms with Gasteiger partial charge in [0.2, 0.25) is 0 Å². The van der Waals surface area contributed by atoms with Crippen LogP contribution in [-0.4, -0.2) is 50.6 Å². The highest BCUT2D eigenvalue weighted by atomic mass is 16.4. The normalized spacial score (nSPS) is 17.6. The Morgan fingerprint density at radius 1 is 1.30 bits per heavy atom. The molecule has 0 aliphatic carbocycles. The van der Waals surface area contributed by atoms with Crippen molar-refractivity contribution in [2.24, 2.45) is 0 Å². The molecule has 6 heteroatoms. The molecule has 1 saturated heterocycles. The smallest absolute Gasteiger partial charge is 0.304 e. The Labute approximate surface area is 117 Å². The Morgan fingerprint density at radius 3 is 2.80 bits per heavy atom. The molecule has 20 heavy (non-hydrogen) atoms. The summed E-state index contributed by atoms with van der Waals surface area (Å²) in [5.74, 6) is -0.727. The fraction of sp³-hybridized carbons (Fsp3) is 0.500. The highest BCUT2D eigenvalue weighted by Gasteiger charge is 2.22. The molecule has 0 bridgehead atoms. The lowest BCUT2D eigenvalue weighted by molar-refractivity contribution is -0.137. The average Bonchev–Trinajstić information content (AvgIpc) is 2.89. The molecule has 1 N–H and O–H groups in total. The summed E-state index contributed by atoms with van der Waals surface area (Å²) < 4.78 is 2.02. The van der Waals surface area contributed by atoms with Gasteiger partial charge in [-0.3, -0.25) is 4.79 Å². The summed E-state index contributed by atoms with van der Waals surface area (Å²) in [5, 5.41) is 17.2. The molecule has 3 rings (SSSR count). The maximum atomic E-state index is 10.6. The van der Waals surface area contributed by atoms with Crippen LogP contribution < -0.4 is 0 Å². The van der Waals surface area contributed by atoms with Crippen molar-refractivity contribution in [1.29, 1.82) is 0 Å². The number of aliphatic carboxylic acids is 1. The number of aromatic nitrogens is 3. The van der Waals surface area contributed by atoms with Gasteiger partial charge in [0.15, 0.2) is 0 Å². The van der Waals surface area contributed by atoms with Crippen LogP contribution >= 0.6 is 0 Å². The molecule has 0 spiro atoms. The van der Waals surface area contributed by atoms with Gasteiger partial charge in [-0.05, 0) is 25.0 Å². The molecule has 6 nitrogen and oxygen atoms in total. The third-order valence-corrected chi connectivity index (χ3v) is 3.92. The van der Waals surface area contributed by atoms with E-state index in [4.69, 9.17) is 5.11 Å². The third kappa shape index (κ3) is 2.65. The van der Waals surface area contributed by atoms with E-state index in [1.54, 1.807) is 0 Å². The van der Waals surface area contributed by atoms with E-state index in [0.29, 0.717) is 12.6 Å². The van der Waals surface area contributed by atoms with E-state index < -0.39 is 5.97 Å². The lowest BCUT2D eigenvalue weighted by Gasteiger charge is -2.31. The molecule has 1 aliphatic rings. The minimum absolute atomic E-state index is 0.219. The molecule has 0 amide bonds. The Balaban J connectivity index is 1.65. The maximum Gasteiger partial charge on any atom is 0.304 e. The van der Waals surface area contributed by atoms with E-state index >= 15 is 0 Å². The summed E-state index contributed by atoms with van der Waals surface area (Å²) in [7, 11) is 0. The van der Waals surface area contributed by atoms with Crippen molar-refractivity contribution >= 4 is 17.0 Å². The van der Waals surface area contributed by atoms with Crippen molar-refractivity contribution in [2.75, 3.05) is 19.6 Å². The second-order valence-electron chi connectivity index (χ2n) is 5.24. The first-order valence-corrected chi connectivity index (χ1v) is 6.98. The van der Waals surface area contributed by atoms with Crippen LogP contribution in [0.3, 0.4) is 0 Å². The first-order chi connectivity index (χ1) is 9.74. The van der Waals surface area contributed by atoms with Gasteiger partial charge in [-0.2, -0.15) is 0 Å². The molecule has 1 aromatic carbocycles. The number of hydrogen-bond donors (Lipinski definition) is 1. The second-order valence-corrected chi connectivity index (χ2v) is 5.24. The number of benzene rings is 1. The molecule has 1 fully saturated rings. The SMILES string of the molecule is O=C(O)CCN1CCC(n2nnc3ccccc32)CC1. The van der Waals surface area contributed by atoms with Gasteiger partial charge in [-0.15, -0.1) is 5.10 Å². The van der Waals surface area contributed by atoms with E-state index in [9.17, 15) is 4.79 Å². The number of carboxylic acid groups (broad SMARTS) is 1. The fourth-order valence-electron chi connectivity index (χ4n) is 2.80. The Bertz CT molecular complexity index is 602. The highest BCUT2D eigenvalue weighted by molar-refractivity contribution is 5.74. The zero-order chi connectivity index (χ0) is 13.9. The number of piperidine rings is 1. The fourth-order valence-corrected chi connectivity index (χ4v) is 2.80. The van der Waals surface area contributed by atoms with Crippen LogP contribution in [0.1, 0.15) is 25.3 Å². The van der Waals surface area contributed by atoms with Crippen LogP contribution in [0.5, 0.6) is 0 Å². The highest BCUT2D eigenvalue weighted by Crippen LogP contribution is 2.25. The van der Waals surface area contributed by atoms with Crippen LogP contribution in [-0.2, 0) is 4.79 Å². The Kier molecular flexibility index (Phi) is 3.64. The number of fused-ring (bicyclic) bond motifs is 1. The number of carboxylic acids is 1. The molecule has 106 valence electrons. The maximum absolute atomic E-state index is 10.6. The average molecular weight is 274 g/mol. The first kappa shape index (κ1) is 13.1. The lowest BCUT2D eigenvalue weighted by atomic mass is 10.0. The molecular formula is C14H18N4O2. The second kappa shape index (κ2) is 5.58. The number of hydrogen-bond acceptors (Lipinski definition) is 4. The third-order valence-electron chi connectivity index (χ3n) is 3.92. The van der Waals surface area contributed by atoms with Crippen LogP contribution in [0.25, 0.3) is 11.0 Å². The van der Waals surface area contributed by atoms with E-state index in [1.807, 2.05) is 28.9 Å². The number of carbonyl (C=O) groups is 1. The molecule has 0 saturated carbocycles. The number of para-hydroxylation sites is 1. The topological polar surface area (TPSA) is 71.2 Å². The van der Waals surface area contributed by atoms with Gasteiger partial charge in [0, 0.05) is 19.6 Å². The van der Waals surface area contributed by atoms with E-state index in [2.05, 4.69) is 15.2 Å². The minimum Gasteiger partial charge on any atom is -0.481 e. The van der Waals surface area contributed by atoms with E-state index in [1.165, 1.54) is 0 Å². The van der Waals surface area contributed by atoms with Gasteiger partial charge in [-0.25, -0.2) is 4.68 Å². The van der Waals surface area contributed by atoms with Crippen molar-refractivity contribution in [2.45, 2.75) is 25.3 Å². The van der Waals surface area contributed by atoms with Gasteiger partial charge >= 0.3 is 5.97 Å². The number of rotatable bonds is 4. The Hall–Kier alpha value is -1.95. The monoisotopic (exact) mass is 274 g/mol. The largest absolute Gasteiger partial charge is 0.481 e. The van der Waals surface area contributed by atoms with Crippen LogP contribution in [0, 0.1) is 0 Å². The zero-order valence-electron chi connectivity index (χ0n) is 11.3. The van der Waals surface area contributed by atoms with Crippen molar-refractivity contribution in [1.82, 2.24) is 19.9 Å². The summed E-state index contributed by atoms with van der Waals surface area (Å²) in [6, 6.07) is 8.36. The van der Waals surface area contributed by atoms with Crippen LogP contribution in [0.15, 0.2) is 24.3 Å². The van der Waals surface area contributed by atoms with Crippen molar-refractivity contribution < 1.29 is 9.90 Å². The number of nitrogens with zero attached hydrogens (tertiary/aromatic N) is 4. The minimum atomic E-state index is -0.727. The summed E-state index contributed by atoms with van der Waals surface area (Å²) >= 11 is 0. The summed E-state index contributed by atoms with van der Waals surface area (Å²) in [4.78, 5) is 12.8. The molecule has 2 heterocycles. The summed E-state index contributed by atoms with van der Waals surface area (Å²) in [5.41, 5.74) is 2.01. The first-order valence-electron chi connectivity index (χ1n) is 6.98. The van der Waals surface area contributed by atoms with Crippen molar-refractivity contribution in [3.05, 3.63) is 24.3 Å². The number of likely N-dealkylation sites (tertiary alicyclic amines) is 1. The van der Waals surface area contributed by atoms with Gasteiger partial charge < -0.3 is 10.0 Å². The molecule has 1 aromatic heterocycles. The van der Waals surface area contributed by atoms with Crippen molar-refractivity contribution in [3.8, 4) is 0 Å². The summed E-state index contributed by atoms with van der Waals surface area (Å²) in [6.45, 7) is 2.48. The van der Waals surface area contributed by atoms with Crippen LogP contribution in [0.4, 0.5) is 0 Å². The lowest BCUT2D eigenvalue weighted by Crippen LogP contribution is -2.36. The standard InChI is InChI=1S/C14H18N4O2/c19-14(20)7-10-17-8-5-11(6-9-17)18-13-4-2-1-3-12(13)15-16-18/h1-4,11H,5-10H2,(H,19,20). The van der Waals surface area contributed by atoms with Crippen LogP contribution in [0.2, 0.25) is 0 Å². The van der Waals surface area contributed by atoms with E-state index in [-0.39, 0.29) is 6.42 Å². The predicted molar refractivity (Wildman–Crippen MR) is 74.5 cm³/mol. The molecule has 0 unspecified atom stereocenters. The summed E-state index contributed by atoms with van der Waals surface area (Å²) in [6.07, 6.45) is 2.21.